The zero-order valence-electron chi connectivity index (χ0n) is 11.4. The van der Waals surface area contributed by atoms with Gasteiger partial charge in [-0.2, -0.15) is 8.78 Å². The smallest absolute Gasteiger partial charge is 0.387 e. The van der Waals surface area contributed by atoms with Crippen molar-refractivity contribution in [2.45, 2.75) is 19.6 Å². The van der Waals surface area contributed by atoms with E-state index in [1.165, 1.54) is 5.56 Å². The molecular formula is C16H16BrF2NO. The fourth-order valence-corrected chi connectivity index (χ4v) is 2.41. The first kappa shape index (κ1) is 15.9. The molecule has 0 saturated heterocycles. The van der Waals surface area contributed by atoms with Crippen molar-refractivity contribution in [1.29, 1.82) is 0 Å². The van der Waals surface area contributed by atoms with Crippen LogP contribution in [0.25, 0.3) is 0 Å². The van der Waals surface area contributed by atoms with Crippen LogP contribution in [0.4, 0.5) is 8.78 Å². The molecule has 0 amide bonds. The Morgan fingerprint density at radius 3 is 2.57 bits per heavy atom. The molecule has 2 aromatic rings. The van der Waals surface area contributed by atoms with Gasteiger partial charge in [0.1, 0.15) is 5.75 Å². The lowest BCUT2D eigenvalue weighted by atomic mass is 10.1. The van der Waals surface area contributed by atoms with Gasteiger partial charge < -0.3 is 10.1 Å². The third kappa shape index (κ3) is 5.44. The van der Waals surface area contributed by atoms with Gasteiger partial charge in [0.05, 0.1) is 0 Å². The summed E-state index contributed by atoms with van der Waals surface area (Å²) in [6, 6.07) is 15.1. The molecule has 5 heteroatoms. The molecule has 0 aliphatic heterocycles. The summed E-state index contributed by atoms with van der Waals surface area (Å²) in [6.07, 6.45) is 0.889. The minimum absolute atomic E-state index is 0.209. The quantitative estimate of drug-likeness (QED) is 0.744. The third-order valence-corrected chi connectivity index (χ3v) is 3.48. The lowest BCUT2D eigenvalue weighted by molar-refractivity contribution is -0.0505. The topological polar surface area (TPSA) is 21.3 Å². The molecule has 112 valence electrons. The van der Waals surface area contributed by atoms with E-state index >= 15 is 0 Å². The third-order valence-electron chi connectivity index (χ3n) is 2.99. The summed E-state index contributed by atoms with van der Waals surface area (Å²) in [5.74, 6) is 0.209. The van der Waals surface area contributed by atoms with Gasteiger partial charge in [0.15, 0.2) is 0 Å². The average molecular weight is 356 g/mol. The molecule has 2 aromatic carbocycles. The van der Waals surface area contributed by atoms with E-state index < -0.39 is 6.61 Å². The van der Waals surface area contributed by atoms with Crippen LogP contribution in [0.3, 0.4) is 0 Å². The van der Waals surface area contributed by atoms with Crippen LogP contribution in [0, 0.1) is 0 Å². The molecule has 0 saturated carbocycles. The summed E-state index contributed by atoms with van der Waals surface area (Å²) >= 11 is 3.34. The van der Waals surface area contributed by atoms with Crippen LogP contribution in [0.1, 0.15) is 11.1 Å². The van der Waals surface area contributed by atoms with Crippen molar-refractivity contribution < 1.29 is 13.5 Å². The summed E-state index contributed by atoms with van der Waals surface area (Å²) in [5, 5.41) is 3.25. The van der Waals surface area contributed by atoms with E-state index in [1.54, 1.807) is 18.2 Å². The number of nitrogens with one attached hydrogen (secondary N) is 1. The van der Waals surface area contributed by atoms with E-state index in [1.807, 2.05) is 18.2 Å². The predicted octanol–water partition coefficient (Wildman–Crippen LogP) is 4.38. The number of rotatable bonds is 7. The molecule has 0 spiro atoms. The van der Waals surface area contributed by atoms with Crippen LogP contribution in [-0.2, 0) is 13.0 Å². The maximum absolute atomic E-state index is 12.4. The maximum Gasteiger partial charge on any atom is 0.387 e. The molecule has 2 rings (SSSR count). The van der Waals surface area contributed by atoms with Crippen molar-refractivity contribution in [3.63, 3.8) is 0 Å². The highest BCUT2D eigenvalue weighted by molar-refractivity contribution is 9.10. The van der Waals surface area contributed by atoms with Crippen LogP contribution in [0.15, 0.2) is 53.0 Å². The number of hydrogen-bond donors (Lipinski definition) is 1. The molecule has 0 aromatic heterocycles. The second-order valence-electron chi connectivity index (χ2n) is 4.54. The molecule has 2 nitrogen and oxygen atoms in total. The Kier molecular flexibility index (Phi) is 6.14. The highest BCUT2D eigenvalue weighted by Crippen LogP contribution is 2.24. The van der Waals surface area contributed by atoms with E-state index in [2.05, 4.69) is 38.1 Å². The zero-order chi connectivity index (χ0) is 15.1. The number of benzene rings is 2. The molecule has 0 heterocycles. The lowest BCUT2D eigenvalue weighted by Gasteiger charge is -2.12. The summed E-state index contributed by atoms with van der Waals surface area (Å²) in [4.78, 5) is 0. The second-order valence-corrected chi connectivity index (χ2v) is 5.46. The first-order valence-electron chi connectivity index (χ1n) is 6.63. The molecule has 0 radical (unpaired) electrons. The standard InChI is InChI=1S/C16H16BrF2NO/c17-14-6-7-15(21-16(18)19)13(10-14)11-20-9-8-12-4-2-1-3-5-12/h1-7,10,16,20H,8-9,11H2. The summed E-state index contributed by atoms with van der Waals surface area (Å²) in [6.45, 7) is -1.56. The van der Waals surface area contributed by atoms with Gasteiger partial charge in [0, 0.05) is 16.6 Å². The van der Waals surface area contributed by atoms with Gasteiger partial charge in [-0.3, -0.25) is 0 Å². The van der Waals surface area contributed by atoms with Crippen molar-refractivity contribution in [3.8, 4) is 5.75 Å². The second kappa shape index (κ2) is 8.10. The predicted molar refractivity (Wildman–Crippen MR) is 82.6 cm³/mol. The minimum Gasteiger partial charge on any atom is -0.434 e. The van der Waals surface area contributed by atoms with Crippen molar-refractivity contribution in [2.75, 3.05) is 6.54 Å². The lowest BCUT2D eigenvalue weighted by Crippen LogP contribution is -2.17. The van der Waals surface area contributed by atoms with Gasteiger partial charge >= 0.3 is 6.61 Å². The Labute approximate surface area is 131 Å². The van der Waals surface area contributed by atoms with Gasteiger partial charge in [-0.25, -0.2) is 0 Å². The van der Waals surface area contributed by atoms with E-state index in [9.17, 15) is 8.78 Å². The summed E-state index contributed by atoms with van der Waals surface area (Å²) in [5.41, 5.74) is 1.95. The van der Waals surface area contributed by atoms with Crippen LogP contribution in [0.2, 0.25) is 0 Å². The van der Waals surface area contributed by atoms with E-state index in [4.69, 9.17) is 0 Å². The summed E-state index contributed by atoms with van der Waals surface area (Å²) in [7, 11) is 0. The first-order valence-corrected chi connectivity index (χ1v) is 7.42. The van der Waals surface area contributed by atoms with E-state index in [0.29, 0.717) is 12.1 Å². The van der Waals surface area contributed by atoms with Crippen LogP contribution < -0.4 is 10.1 Å². The number of halogens is 3. The molecule has 0 atom stereocenters. The molecule has 0 fully saturated rings. The van der Waals surface area contributed by atoms with Crippen molar-refractivity contribution in [1.82, 2.24) is 5.32 Å². The molecule has 0 aliphatic carbocycles. The first-order chi connectivity index (χ1) is 10.1. The highest BCUT2D eigenvalue weighted by atomic mass is 79.9. The van der Waals surface area contributed by atoms with Gasteiger partial charge in [-0.1, -0.05) is 46.3 Å². The van der Waals surface area contributed by atoms with E-state index in [0.717, 1.165) is 17.4 Å². The van der Waals surface area contributed by atoms with Crippen molar-refractivity contribution in [3.05, 3.63) is 64.1 Å². The Morgan fingerprint density at radius 2 is 1.86 bits per heavy atom. The number of ether oxygens (including phenoxy) is 1. The van der Waals surface area contributed by atoms with Crippen LogP contribution in [-0.4, -0.2) is 13.2 Å². The normalized spacial score (nSPS) is 10.9. The largest absolute Gasteiger partial charge is 0.434 e. The van der Waals surface area contributed by atoms with Gasteiger partial charge in [0.25, 0.3) is 0 Å². The average Bonchev–Trinajstić information content (AvgIpc) is 2.47. The van der Waals surface area contributed by atoms with Crippen molar-refractivity contribution in [2.24, 2.45) is 0 Å². The minimum atomic E-state index is -2.81. The monoisotopic (exact) mass is 355 g/mol. The Hall–Kier alpha value is -1.46. The Bertz CT molecular complexity index is 563. The van der Waals surface area contributed by atoms with Gasteiger partial charge in [0.2, 0.25) is 0 Å². The summed E-state index contributed by atoms with van der Waals surface area (Å²) < 4.78 is 30.1. The van der Waals surface area contributed by atoms with Gasteiger partial charge in [-0.05, 0) is 36.7 Å². The van der Waals surface area contributed by atoms with Crippen LogP contribution >= 0.6 is 15.9 Å². The molecule has 0 unspecified atom stereocenters. The molecular weight excluding hydrogens is 340 g/mol. The highest BCUT2D eigenvalue weighted by Gasteiger charge is 2.09. The SMILES string of the molecule is FC(F)Oc1ccc(Br)cc1CNCCc1ccccc1. The molecule has 0 aliphatic rings. The fourth-order valence-electron chi connectivity index (χ4n) is 2.00. The van der Waals surface area contributed by atoms with Crippen molar-refractivity contribution >= 4 is 15.9 Å². The zero-order valence-corrected chi connectivity index (χ0v) is 12.9. The number of hydrogen-bond acceptors (Lipinski definition) is 2. The maximum atomic E-state index is 12.4. The van der Waals surface area contributed by atoms with Gasteiger partial charge in [-0.15, -0.1) is 0 Å². The number of alkyl halides is 2. The fraction of sp³-hybridized carbons (Fsp3) is 0.250. The van der Waals surface area contributed by atoms with E-state index in [-0.39, 0.29) is 5.75 Å². The Morgan fingerprint density at radius 1 is 1.10 bits per heavy atom. The molecule has 1 N–H and O–H groups in total. The molecule has 0 bridgehead atoms. The Balaban J connectivity index is 1.88. The molecule has 21 heavy (non-hydrogen) atoms. The van der Waals surface area contributed by atoms with Crippen LogP contribution in [0.5, 0.6) is 5.75 Å².